The highest BCUT2D eigenvalue weighted by molar-refractivity contribution is 5.84. The molecule has 0 aliphatic carbocycles. The minimum atomic E-state index is 0.0326. The first-order valence-electron chi connectivity index (χ1n) is 9.31. The first-order valence-corrected chi connectivity index (χ1v) is 9.31. The third-order valence-corrected chi connectivity index (χ3v) is 5.27. The highest BCUT2D eigenvalue weighted by atomic mass is 16.3. The van der Waals surface area contributed by atoms with Gasteiger partial charge in [0.15, 0.2) is 0 Å². The molecule has 26 heavy (non-hydrogen) atoms. The molecule has 1 atom stereocenters. The molecule has 3 aromatic rings. The maximum Gasteiger partial charge on any atom is 0.240 e. The second-order valence-corrected chi connectivity index (χ2v) is 7.01. The molecule has 0 radical (unpaired) electrons. The minimum Gasteiger partial charge on any atom is -0.468 e. The predicted molar refractivity (Wildman–Crippen MR) is 102 cm³/mol. The van der Waals surface area contributed by atoms with E-state index in [1.165, 1.54) is 18.2 Å². The van der Waals surface area contributed by atoms with Crippen molar-refractivity contribution in [3.8, 4) is 0 Å². The quantitative estimate of drug-likeness (QED) is 0.739. The number of para-hydroxylation sites is 1. The van der Waals surface area contributed by atoms with Gasteiger partial charge in [0.2, 0.25) is 5.91 Å². The summed E-state index contributed by atoms with van der Waals surface area (Å²) >= 11 is 0. The van der Waals surface area contributed by atoms with E-state index in [1.54, 1.807) is 6.26 Å². The summed E-state index contributed by atoms with van der Waals surface area (Å²) in [6.07, 6.45) is 4.12. The van der Waals surface area contributed by atoms with Crippen LogP contribution < -0.4 is 5.32 Å². The second-order valence-electron chi connectivity index (χ2n) is 7.01. The molecule has 0 spiro atoms. The molecule has 0 bridgehead atoms. The van der Waals surface area contributed by atoms with Gasteiger partial charge in [0.05, 0.1) is 12.3 Å². The van der Waals surface area contributed by atoms with Gasteiger partial charge in [-0.2, -0.15) is 0 Å². The smallest absolute Gasteiger partial charge is 0.240 e. The lowest BCUT2D eigenvalue weighted by Crippen LogP contribution is -2.38. The number of hydrogen-bond acceptors (Lipinski definition) is 3. The summed E-state index contributed by atoms with van der Waals surface area (Å²) in [4.78, 5) is 15.0. The van der Waals surface area contributed by atoms with Crippen molar-refractivity contribution in [2.45, 2.75) is 32.4 Å². The van der Waals surface area contributed by atoms with E-state index in [4.69, 9.17) is 4.42 Å². The fourth-order valence-electron chi connectivity index (χ4n) is 3.91. The second kappa shape index (κ2) is 7.38. The summed E-state index contributed by atoms with van der Waals surface area (Å²) in [7, 11) is 0. The lowest BCUT2D eigenvalue weighted by Gasteiger charge is -2.26. The van der Waals surface area contributed by atoms with Crippen LogP contribution in [0.2, 0.25) is 0 Å². The number of hydrogen-bond donors (Lipinski definition) is 1. The lowest BCUT2D eigenvalue weighted by atomic mass is 10.2. The Labute approximate surface area is 153 Å². The average Bonchev–Trinajstić information content (AvgIpc) is 3.38. The molecule has 1 N–H and O–H groups in total. The first-order chi connectivity index (χ1) is 12.7. The van der Waals surface area contributed by atoms with Crippen molar-refractivity contribution in [1.82, 2.24) is 14.8 Å². The number of likely N-dealkylation sites (tertiary alicyclic amines) is 1. The van der Waals surface area contributed by atoms with Crippen LogP contribution in [0.1, 0.15) is 30.3 Å². The van der Waals surface area contributed by atoms with Crippen LogP contribution in [0.3, 0.4) is 0 Å². The molecule has 2 aromatic heterocycles. The molecule has 0 unspecified atom stereocenters. The zero-order chi connectivity index (χ0) is 17.9. The molecule has 1 fully saturated rings. The molecule has 3 heterocycles. The molecule has 1 aromatic carbocycles. The molecule has 5 nitrogen and oxygen atoms in total. The topological polar surface area (TPSA) is 50.4 Å². The monoisotopic (exact) mass is 351 g/mol. The number of rotatable bonds is 6. The SMILES string of the molecule is Cc1cc2ccccc2n1CC(=O)NC[C@H](c1ccco1)N1CCCC1. The van der Waals surface area contributed by atoms with Crippen molar-refractivity contribution >= 4 is 16.8 Å². The van der Waals surface area contributed by atoms with Crippen LogP contribution in [0.15, 0.2) is 53.1 Å². The van der Waals surface area contributed by atoms with Gasteiger partial charge in [-0.3, -0.25) is 9.69 Å². The van der Waals surface area contributed by atoms with Gasteiger partial charge in [-0.1, -0.05) is 18.2 Å². The highest BCUT2D eigenvalue weighted by Crippen LogP contribution is 2.25. The number of carbonyl (C=O) groups excluding carboxylic acids is 1. The van der Waals surface area contributed by atoms with Crippen LogP contribution in [-0.4, -0.2) is 35.0 Å². The molecule has 1 aliphatic rings. The molecule has 1 saturated heterocycles. The van der Waals surface area contributed by atoms with Crippen LogP contribution in [0.25, 0.3) is 10.9 Å². The Balaban J connectivity index is 1.44. The van der Waals surface area contributed by atoms with Crippen LogP contribution in [0.4, 0.5) is 0 Å². The summed E-state index contributed by atoms with van der Waals surface area (Å²) in [5.74, 6) is 0.958. The maximum atomic E-state index is 12.6. The van der Waals surface area contributed by atoms with Crippen molar-refractivity contribution in [2.75, 3.05) is 19.6 Å². The lowest BCUT2D eigenvalue weighted by molar-refractivity contribution is -0.121. The predicted octanol–water partition coefficient (Wildman–Crippen LogP) is 3.50. The van der Waals surface area contributed by atoms with Crippen LogP contribution in [0.5, 0.6) is 0 Å². The number of carbonyl (C=O) groups is 1. The Kier molecular flexibility index (Phi) is 4.80. The standard InChI is InChI=1S/C21H25N3O2/c1-16-13-17-7-2-3-8-18(17)24(16)15-21(25)22-14-19(20-9-6-12-26-20)23-10-4-5-11-23/h2-3,6-9,12-13,19H,4-5,10-11,14-15H2,1H3,(H,22,25)/t19-/m1/s1. The van der Waals surface area contributed by atoms with Gasteiger partial charge in [-0.15, -0.1) is 0 Å². The van der Waals surface area contributed by atoms with Gasteiger partial charge < -0.3 is 14.3 Å². The number of furan rings is 1. The van der Waals surface area contributed by atoms with Crippen LogP contribution in [-0.2, 0) is 11.3 Å². The average molecular weight is 351 g/mol. The third kappa shape index (κ3) is 3.40. The van der Waals surface area contributed by atoms with Crippen molar-refractivity contribution in [1.29, 1.82) is 0 Å². The number of amides is 1. The summed E-state index contributed by atoms with van der Waals surface area (Å²) in [6.45, 7) is 5.07. The number of nitrogens with zero attached hydrogens (tertiary/aromatic N) is 2. The zero-order valence-corrected chi connectivity index (χ0v) is 15.1. The fourth-order valence-corrected chi connectivity index (χ4v) is 3.91. The van der Waals surface area contributed by atoms with Gasteiger partial charge in [-0.25, -0.2) is 0 Å². The van der Waals surface area contributed by atoms with Gasteiger partial charge in [0.25, 0.3) is 0 Å². The van der Waals surface area contributed by atoms with Crippen molar-refractivity contribution in [2.24, 2.45) is 0 Å². The Morgan fingerprint density at radius 3 is 2.77 bits per heavy atom. The van der Waals surface area contributed by atoms with E-state index in [2.05, 4.69) is 33.0 Å². The summed E-state index contributed by atoms with van der Waals surface area (Å²) in [5.41, 5.74) is 2.20. The van der Waals surface area contributed by atoms with E-state index >= 15 is 0 Å². The zero-order valence-electron chi connectivity index (χ0n) is 15.1. The summed E-state index contributed by atoms with van der Waals surface area (Å²) in [5, 5.41) is 4.29. The van der Waals surface area contributed by atoms with Gasteiger partial charge in [-0.05, 0) is 62.5 Å². The summed E-state index contributed by atoms with van der Waals surface area (Å²) in [6, 6.07) is 14.3. The normalized spacial score (nSPS) is 16.2. The molecule has 0 saturated carbocycles. The molecular formula is C21H25N3O2. The number of benzene rings is 1. The molecule has 1 amide bonds. The number of aromatic nitrogens is 1. The van der Waals surface area contributed by atoms with Gasteiger partial charge in [0, 0.05) is 17.8 Å². The molecule has 5 heteroatoms. The largest absolute Gasteiger partial charge is 0.468 e. The van der Waals surface area contributed by atoms with E-state index in [0.717, 1.165) is 30.1 Å². The Hall–Kier alpha value is -2.53. The number of nitrogens with one attached hydrogen (secondary N) is 1. The van der Waals surface area contributed by atoms with E-state index in [-0.39, 0.29) is 11.9 Å². The van der Waals surface area contributed by atoms with Crippen LogP contribution >= 0.6 is 0 Å². The highest BCUT2D eigenvalue weighted by Gasteiger charge is 2.26. The molecule has 136 valence electrons. The molecular weight excluding hydrogens is 326 g/mol. The Morgan fingerprint density at radius 1 is 1.19 bits per heavy atom. The minimum absolute atomic E-state index is 0.0326. The summed E-state index contributed by atoms with van der Waals surface area (Å²) < 4.78 is 7.70. The van der Waals surface area contributed by atoms with Crippen molar-refractivity contribution in [3.63, 3.8) is 0 Å². The van der Waals surface area contributed by atoms with Gasteiger partial charge in [0.1, 0.15) is 12.3 Å². The molecule has 1 aliphatic heterocycles. The van der Waals surface area contributed by atoms with E-state index in [0.29, 0.717) is 13.1 Å². The number of aryl methyl sites for hydroxylation is 1. The van der Waals surface area contributed by atoms with Gasteiger partial charge >= 0.3 is 0 Å². The number of fused-ring (bicyclic) bond motifs is 1. The van der Waals surface area contributed by atoms with Crippen LogP contribution in [0, 0.1) is 6.92 Å². The van der Waals surface area contributed by atoms with Crippen molar-refractivity contribution in [3.05, 3.63) is 60.2 Å². The van der Waals surface area contributed by atoms with E-state index < -0.39 is 0 Å². The molecule has 4 rings (SSSR count). The third-order valence-electron chi connectivity index (χ3n) is 5.27. The Bertz CT molecular complexity index is 876. The fraction of sp³-hybridized carbons (Fsp3) is 0.381. The van der Waals surface area contributed by atoms with E-state index in [9.17, 15) is 4.79 Å². The first kappa shape index (κ1) is 16.9. The van der Waals surface area contributed by atoms with E-state index in [1.807, 2.05) is 31.2 Å². The Morgan fingerprint density at radius 2 is 2.00 bits per heavy atom. The maximum absolute atomic E-state index is 12.6. The van der Waals surface area contributed by atoms with Crippen molar-refractivity contribution < 1.29 is 9.21 Å².